The summed E-state index contributed by atoms with van der Waals surface area (Å²) in [4.78, 5) is 12.1. The van der Waals surface area contributed by atoms with Gasteiger partial charge in [-0.3, -0.25) is 5.32 Å². The Morgan fingerprint density at radius 2 is 2.37 bits per heavy atom. The fraction of sp³-hybridized carbons (Fsp3) is 0.533. The van der Waals surface area contributed by atoms with Crippen molar-refractivity contribution in [3.63, 3.8) is 0 Å². The van der Waals surface area contributed by atoms with Crippen LogP contribution in [0.25, 0.3) is 0 Å². The molecule has 4 heteroatoms. The molecule has 0 aromatic heterocycles. The third-order valence-electron chi connectivity index (χ3n) is 3.55. The summed E-state index contributed by atoms with van der Waals surface area (Å²) >= 11 is 0. The Balaban J connectivity index is 1.83. The maximum atomic E-state index is 12.1. The van der Waals surface area contributed by atoms with Crippen molar-refractivity contribution in [2.24, 2.45) is 0 Å². The minimum Gasteiger partial charge on any atom is -0.493 e. The number of ether oxygens (including phenoxy) is 2. The lowest BCUT2D eigenvalue weighted by atomic mass is 10.0. The molecule has 1 aromatic carbocycles. The summed E-state index contributed by atoms with van der Waals surface area (Å²) in [6.07, 6.45) is 3.20. The summed E-state index contributed by atoms with van der Waals surface area (Å²) < 4.78 is 10.7. The molecule has 1 unspecified atom stereocenters. The maximum absolute atomic E-state index is 12.1. The minimum atomic E-state index is -0.349. The normalized spacial score (nSPS) is 18.6. The molecule has 0 spiro atoms. The molecule has 0 bridgehead atoms. The van der Waals surface area contributed by atoms with Crippen LogP contribution in [0.4, 0.5) is 0 Å². The monoisotopic (exact) mass is 261 g/mol. The molecule has 0 amide bonds. The van der Waals surface area contributed by atoms with Crippen LogP contribution in [-0.4, -0.2) is 25.2 Å². The van der Waals surface area contributed by atoms with Gasteiger partial charge in [0.1, 0.15) is 11.8 Å². The first kappa shape index (κ1) is 12.5. The predicted molar refractivity (Wildman–Crippen MR) is 71.2 cm³/mol. The lowest BCUT2D eigenvalue weighted by Crippen LogP contribution is -2.31. The van der Waals surface area contributed by atoms with E-state index in [1.165, 1.54) is 5.56 Å². The Bertz CT molecular complexity index is 482. The van der Waals surface area contributed by atoms with Gasteiger partial charge in [-0.25, -0.2) is 4.79 Å². The van der Waals surface area contributed by atoms with Crippen LogP contribution in [0.5, 0.6) is 5.75 Å². The van der Waals surface area contributed by atoms with E-state index in [-0.39, 0.29) is 12.0 Å². The van der Waals surface area contributed by atoms with Gasteiger partial charge in [-0.1, -0.05) is 6.07 Å². The quantitative estimate of drug-likeness (QED) is 0.823. The number of fused-ring (bicyclic) bond motifs is 1. The van der Waals surface area contributed by atoms with E-state index in [0.717, 1.165) is 37.2 Å². The van der Waals surface area contributed by atoms with Gasteiger partial charge in [-0.15, -0.1) is 0 Å². The summed E-state index contributed by atoms with van der Waals surface area (Å²) in [6.45, 7) is 2.98. The van der Waals surface area contributed by atoms with Gasteiger partial charge in [0.25, 0.3) is 0 Å². The van der Waals surface area contributed by atoms with Crippen molar-refractivity contribution < 1.29 is 14.3 Å². The Hall–Kier alpha value is -1.55. The third kappa shape index (κ3) is 2.73. The molecule has 1 aliphatic heterocycles. The first-order valence-electron chi connectivity index (χ1n) is 6.96. The van der Waals surface area contributed by atoms with Crippen molar-refractivity contribution in [3.05, 3.63) is 29.3 Å². The average molecular weight is 261 g/mol. The Kier molecular flexibility index (Phi) is 3.42. The van der Waals surface area contributed by atoms with Crippen LogP contribution in [0.15, 0.2) is 18.2 Å². The number of rotatable bonds is 5. The van der Waals surface area contributed by atoms with Gasteiger partial charge in [0, 0.05) is 12.5 Å². The van der Waals surface area contributed by atoms with Gasteiger partial charge in [-0.05, 0) is 43.0 Å². The molecule has 1 fully saturated rings. The number of carbonyl (C=O) groups excluding carboxylic acids is 1. The van der Waals surface area contributed by atoms with Crippen LogP contribution in [0.2, 0.25) is 0 Å². The number of hydrogen-bond donors (Lipinski definition) is 1. The van der Waals surface area contributed by atoms with Gasteiger partial charge in [-0.2, -0.15) is 0 Å². The lowest BCUT2D eigenvalue weighted by Gasteiger charge is -2.18. The highest BCUT2D eigenvalue weighted by molar-refractivity contribution is 5.78. The molecule has 102 valence electrons. The molecular weight excluding hydrogens is 242 g/mol. The first-order valence-corrected chi connectivity index (χ1v) is 6.96. The molecule has 0 radical (unpaired) electrons. The molecule has 19 heavy (non-hydrogen) atoms. The van der Waals surface area contributed by atoms with Gasteiger partial charge in [0.2, 0.25) is 0 Å². The second-order valence-corrected chi connectivity index (χ2v) is 5.09. The van der Waals surface area contributed by atoms with Gasteiger partial charge >= 0.3 is 5.97 Å². The number of esters is 1. The van der Waals surface area contributed by atoms with Crippen LogP contribution in [0.1, 0.15) is 36.9 Å². The standard InChI is InChI=1S/C15H19NO3/c1-2-18-15(17)14(16-12-4-5-12)11-3-6-13-10(9-11)7-8-19-13/h3,6,9,12,14,16H,2,4-5,7-8H2,1H3. The molecule has 3 rings (SSSR count). The molecular formula is C15H19NO3. The highest BCUT2D eigenvalue weighted by atomic mass is 16.5. The van der Waals surface area contributed by atoms with Crippen molar-refractivity contribution >= 4 is 5.97 Å². The van der Waals surface area contributed by atoms with Crippen molar-refractivity contribution in [3.8, 4) is 5.75 Å². The zero-order chi connectivity index (χ0) is 13.2. The van der Waals surface area contributed by atoms with E-state index in [1.54, 1.807) is 0 Å². The molecule has 1 saturated carbocycles. The molecule has 1 aliphatic carbocycles. The molecule has 4 nitrogen and oxygen atoms in total. The SMILES string of the molecule is CCOC(=O)C(NC1CC1)c1ccc2c(c1)CCO2. The topological polar surface area (TPSA) is 47.6 Å². The second kappa shape index (κ2) is 5.21. The summed E-state index contributed by atoms with van der Waals surface area (Å²) in [7, 11) is 0. The first-order chi connectivity index (χ1) is 9.28. The molecule has 1 atom stereocenters. The zero-order valence-corrected chi connectivity index (χ0v) is 11.1. The lowest BCUT2D eigenvalue weighted by molar-refractivity contribution is -0.145. The largest absolute Gasteiger partial charge is 0.493 e. The molecule has 2 aliphatic rings. The van der Waals surface area contributed by atoms with Crippen LogP contribution in [-0.2, 0) is 16.0 Å². The molecule has 1 heterocycles. The smallest absolute Gasteiger partial charge is 0.327 e. The summed E-state index contributed by atoms with van der Waals surface area (Å²) in [6, 6.07) is 6.09. The second-order valence-electron chi connectivity index (χ2n) is 5.09. The highest BCUT2D eigenvalue weighted by Gasteiger charge is 2.31. The van der Waals surface area contributed by atoms with Crippen molar-refractivity contribution in [2.45, 2.75) is 38.3 Å². The average Bonchev–Trinajstić information content (AvgIpc) is 3.11. The van der Waals surface area contributed by atoms with E-state index in [2.05, 4.69) is 11.4 Å². The summed E-state index contributed by atoms with van der Waals surface area (Å²) in [5, 5.41) is 3.37. The van der Waals surface area contributed by atoms with Crippen LogP contribution >= 0.6 is 0 Å². The van der Waals surface area contributed by atoms with Gasteiger partial charge < -0.3 is 9.47 Å². The van der Waals surface area contributed by atoms with E-state index in [1.807, 2.05) is 19.1 Å². The fourth-order valence-corrected chi connectivity index (χ4v) is 2.40. The molecule has 0 saturated heterocycles. The fourth-order valence-electron chi connectivity index (χ4n) is 2.40. The molecule has 1 aromatic rings. The number of carbonyl (C=O) groups is 1. The Morgan fingerprint density at radius 1 is 1.53 bits per heavy atom. The predicted octanol–water partition coefficient (Wildman–Crippen LogP) is 1.98. The highest BCUT2D eigenvalue weighted by Crippen LogP contribution is 2.30. The maximum Gasteiger partial charge on any atom is 0.327 e. The Morgan fingerprint density at radius 3 is 3.11 bits per heavy atom. The number of hydrogen-bond acceptors (Lipinski definition) is 4. The Labute approximate surface area is 113 Å². The summed E-state index contributed by atoms with van der Waals surface area (Å²) in [5.74, 6) is 0.756. The zero-order valence-electron chi connectivity index (χ0n) is 11.1. The van der Waals surface area contributed by atoms with Gasteiger partial charge in [0.05, 0.1) is 13.2 Å². The number of benzene rings is 1. The minimum absolute atomic E-state index is 0.187. The van der Waals surface area contributed by atoms with Crippen molar-refractivity contribution in [1.82, 2.24) is 5.32 Å². The van der Waals surface area contributed by atoms with Crippen LogP contribution < -0.4 is 10.1 Å². The van der Waals surface area contributed by atoms with E-state index >= 15 is 0 Å². The third-order valence-corrected chi connectivity index (χ3v) is 3.55. The van der Waals surface area contributed by atoms with E-state index < -0.39 is 0 Å². The number of nitrogens with one attached hydrogen (secondary N) is 1. The van der Waals surface area contributed by atoms with E-state index in [4.69, 9.17) is 9.47 Å². The molecule has 1 N–H and O–H groups in total. The van der Waals surface area contributed by atoms with Crippen LogP contribution in [0.3, 0.4) is 0 Å². The van der Waals surface area contributed by atoms with Crippen LogP contribution in [0, 0.1) is 0 Å². The van der Waals surface area contributed by atoms with Crippen molar-refractivity contribution in [1.29, 1.82) is 0 Å². The van der Waals surface area contributed by atoms with E-state index in [9.17, 15) is 4.79 Å². The summed E-state index contributed by atoms with van der Waals surface area (Å²) in [5.41, 5.74) is 2.17. The van der Waals surface area contributed by atoms with Gasteiger partial charge in [0.15, 0.2) is 0 Å². The van der Waals surface area contributed by atoms with E-state index in [0.29, 0.717) is 12.6 Å². The van der Waals surface area contributed by atoms with Crippen molar-refractivity contribution in [2.75, 3.05) is 13.2 Å².